The van der Waals surface area contributed by atoms with Gasteiger partial charge in [0.15, 0.2) is 0 Å². The molecule has 1 N–H and O–H groups in total. The Morgan fingerprint density at radius 2 is 1.90 bits per heavy atom. The molecule has 0 spiro atoms. The minimum Gasteiger partial charge on any atom is -0.481 e. The molecular weight excluding hydrogens is 270 g/mol. The minimum absolute atomic E-state index is 0.233. The molecule has 21 heavy (non-hydrogen) atoms. The Bertz CT molecular complexity index is 447. The van der Waals surface area contributed by atoms with Crippen LogP contribution in [-0.2, 0) is 21.0 Å². The third kappa shape index (κ3) is 5.55. The van der Waals surface area contributed by atoms with Crippen molar-refractivity contribution in [3.63, 3.8) is 0 Å². The highest BCUT2D eigenvalue weighted by Crippen LogP contribution is 2.20. The summed E-state index contributed by atoms with van der Waals surface area (Å²) < 4.78 is 0. The molecule has 0 radical (unpaired) electrons. The van der Waals surface area contributed by atoms with E-state index in [-0.39, 0.29) is 12.5 Å². The third-order valence-corrected chi connectivity index (χ3v) is 3.35. The van der Waals surface area contributed by atoms with Crippen LogP contribution in [-0.4, -0.2) is 28.6 Å². The fourth-order valence-corrected chi connectivity index (χ4v) is 2.16. The van der Waals surface area contributed by atoms with Gasteiger partial charge in [-0.1, -0.05) is 44.2 Å². The zero-order chi connectivity index (χ0) is 15.8. The zero-order valence-corrected chi connectivity index (χ0v) is 12.7. The van der Waals surface area contributed by atoms with Gasteiger partial charge in [-0.05, 0) is 24.8 Å². The Kier molecular flexibility index (Phi) is 6.88. The van der Waals surface area contributed by atoms with Gasteiger partial charge in [-0.3, -0.25) is 14.4 Å². The smallest absolute Gasteiger partial charge is 0.308 e. The third-order valence-electron chi connectivity index (χ3n) is 3.35. The van der Waals surface area contributed by atoms with Crippen molar-refractivity contribution in [1.82, 2.24) is 5.06 Å². The zero-order valence-electron chi connectivity index (χ0n) is 12.7. The van der Waals surface area contributed by atoms with Crippen LogP contribution in [0.3, 0.4) is 0 Å². The molecule has 0 bridgehead atoms. The van der Waals surface area contributed by atoms with Crippen molar-refractivity contribution in [3.8, 4) is 0 Å². The maximum atomic E-state index is 11.4. The van der Waals surface area contributed by atoms with Crippen LogP contribution in [0.5, 0.6) is 0 Å². The molecule has 0 heterocycles. The molecule has 0 aliphatic carbocycles. The molecule has 0 aromatic heterocycles. The van der Waals surface area contributed by atoms with Gasteiger partial charge in [-0.2, -0.15) is 0 Å². The first-order valence-electron chi connectivity index (χ1n) is 7.09. The Labute approximate surface area is 125 Å². The van der Waals surface area contributed by atoms with Crippen molar-refractivity contribution in [2.24, 2.45) is 11.8 Å². The highest BCUT2D eigenvalue weighted by atomic mass is 16.7. The molecule has 5 nitrogen and oxygen atoms in total. The molecule has 0 fully saturated rings. The molecule has 116 valence electrons. The van der Waals surface area contributed by atoms with Crippen LogP contribution in [0, 0.1) is 11.8 Å². The number of benzene rings is 1. The number of carbonyl (C=O) groups excluding carboxylic acids is 1. The van der Waals surface area contributed by atoms with E-state index in [1.807, 2.05) is 44.2 Å². The van der Waals surface area contributed by atoms with Gasteiger partial charge >= 0.3 is 5.97 Å². The van der Waals surface area contributed by atoms with Gasteiger partial charge < -0.3 is 5.11 Å². The predicted molar refractivity (Wildman–Crippen MR) is 79.2 cm³/mol. The quantitative estimate of drug-likeness (QED) is 0.561. The second-order valence-corrected chi connectivity index (χ2v) is 5.54. The molecular formula is C16H23NO4. The molecule has 0 saturated heterocycles. The molecule has 1 aromatic carbocycles. The summed E-state index contributed by atoms with van der Waals surface area (Å²) in [5.74, 6) is -1.33. The SMILES string of the molecule is CC(C)CC(C(=O)O)C(C)N(C=O)OCc1ccccc1. The lowest BCUT2D eigenvalue weighted by Crippen LogP contribution is -2.41. The topological polar surface area (TPSA) is 66.8 Å². The second kappa shape index (κ2) is 8.42. The minimum atomic E-state index is -0.911. The summed E-state index contributed by atoms with van der Waals surface area (Å²) in [6, 6.07) is 8.91. The number of hydrogen-bond donors (Lipinski definition) is 1. The predicted octanol–water partition coefficient (Wildman–Crippen LogP) is 2.71. The molecule has 1 aromatic rings. The van der Waals surface area contributed by atoms with Crippen molar-refractivity contribution in [2.45, 2.75) is 39.8 Å². The number of aliphatic carboxylic acids is 1. The van der Waals surface area contributed by atoms with Gasteiger partial charge in [-0.25, -0.2) is 5.06 Å². The van der Waals surface area contributed by atoms with Crippen molar-refractivity contribution >= 4 is 12.4 Å². The van der Waals surface area contributed by atoms with Crippen molar-refractivity contribution < 1.29 is 19.5 Å². The second-order valence-electron chi connectivity index (χ2n) is 5.54. The van der Waals surface area contributed by atoms with Gasteiger partial charge in [0, 0.05) is 0 Å². The first kappa shape index (κ1) is 17.2. The lowest BCUT2D eigenvalue weighted by molar-refractivity contribution is -0.200. The summed E-state index contributed by atoms with van der Waals surface area (Å²) in [5, 5.41) is 10.4. The van der Waals surface area contributed by atoms with Gasteiger partial charge in [0.1, 0.15) is 6.61 Å². The first-order chi connectivity index (χ1) is 9.95. The number of amides is 1. The number of carboxylic acids is 1. The van der Waals surface area contributed by atoms with Crippen LogP contribution in [0.15, 0.2) is 30.3 Å². The van der Waals surface area contributed by atoms with Crippen LogP contribution in [0.2, 0.25) is 0 Å². The Balaban J connectivity index is 2.68. The number of carbonyl (C=O) groups is 2. The monoisotopic (exact) mass is 293 g/mol. The summed E-state index contributed by atoms with van der Waals surface area (Å²) in [5.41, 5.74) is 0.923. The highest BCUT2D eigenvalue weighted by molar-refractivity contribution is 5.71. The number of nitrogens with zero attached hydrogens (tertiary/aromatic N) is 1. The first-order valence-corrected chi connectivity index (χ1v) is 7.09. The van der Waals surface area contributed by atoms with Gasteiger partial charge in [0.25, 0.3) is 0 Å². The molecule has 0 aliphatic rings. The fraction of sp³-hybridized carbons (Fsp3) is 0.500. The average molecular weight is 293 g/mol. The number of rotatable bonds is 9. The molecule has 0 saturated carbocycles. The fourth-order valence-electron chi connectivity index (χ4n) is 2.16. The van der Waals surface area contributed by atoms with Crippen LogP contribution in [0.25, 0.3) is 0 Å². The summed E-state index contributed by atoms with van der Waals surface area (Å²) in [6.07, 6.45) is 1.04. The van der Waals surface area contributed by atoms with Crippen molar-refractivity contribution in [1.29, 1.82) is 0 Å². The molecule has 5 heteroatoms. The molecule has 1 amide bonds. The van der Waals surface area contributed by atoms with Gasteiger partial charge in [-0.15, -0.1) is 0 Å². The Hall–Kier alpha value is -1.88. The van der Waals surface area contributed by atoms with E-state index in [1.54, 1.807) is 6.92 Å². The Morgan fingerprint density at radius 1 is 1.29 bits per heavy atom. The lowest BCUT2D eigenvalue weighted by atomic mass is 9.91. The summed E-state index contributed by atoms with van der Waals surface area (Å²) >= 11 is 0. The van der Waals surface area contributed by atoms with Crippen LogP contribution < -0.4 is 0 Å². The summed E-state index contributed by atoms with van der Waals surface area (Å²) in [6.45, 7) is 5.84. The largest absolute Gasteiger partial charge is 0.481 e. The van der Waals surface area contributed by atoms with E-state index in [9.17, 15) is 14.7 Å². The maximum absolute atomic E-state index is 11.4. The van der Waals surface area contributed by atoms with Crippen LogP contribution >= 0.6 is 0 Å². The van der Waals surface area contributed by atoms with Gasteiger partial charge in [0.05, 0.1) is 12.0 Å². The molecule has 1 rings (SSSR count). The van der Waals surface area contributed by atoms with Gasteiger partial charge in [0.2, 0.25) is 6.41 Å². The van der Waals surface area contributed by atoms with E-state index >= 15 is 0 Å². The standard InChI is InChI=1S/C16H23NO4/c1-12(2)9-15(16(19)20)13(3)17(11-18)21-10-14-7-5-4-6-8-14/h4-8,11-13,15H,9-10H2,1-3H3,(H,19,20). The van der Waals surface area contributed by atoms with Crippen molar-refractivity contribution in [2.75, 3.05) is 0 Å². The maximum Gasteiger partial charge on any atom is 0.308 e. The van der Waals surface area contributed by atoms with Crippen molar-refractivity contribution in [3.05, 3.63) is 35.9 Å². The van der Waals surface area contributed by atoms with Crippen LogP contribution in [0.4, 0.5) is 0 Å². The van der Waals surface area contributed by atoms with Crippen LogP contribution in [0.1, 0.15) is 32.8 Å². The molecule has 0 aliphatic heterocycles. The number of hydrogen-bond acceptors (Lipinski definition) is 3. The normalized spacial score (nSPS) is 13.7. The lowest BCUT2D eigenvalue weighted by Gasteiger charge is -2.29. The van der Waals surface area contributed by atoms with E-state index in [0.29, 0.717) is 12.8 Å². The highest BCUT2D eigenvalue weighted by Gasteiger charge is 2.30. The number of hydroxylamine groups is 2. The van der Waals surface area contributed by atoms with E-state index in [2.05, 4.69) is 0 Å². The van der Waals surface area contributed by atoms with E-state index in [4.69, 9.17) is 4.84 Å². The molecule has 2 atom stereocenters. The summed E-state index contributed by atoms with van der Waals surface area (Å²) in [7, 11) is 0. The van der Waals surface area contributed by atoms with E-state index in [0.717, 1.165) is 10.6 Å². The summed E-state index contributed by atoms with van der Waals surface area (Å²) in [4.78, 5) is 28.0. The number of carboxylic acid groups (broad SMARTS) is 1. The van der Waals surface area contributed by atoms with E-state index < -0.39 is 17.9 Å². The Morgan fingerprint density at radius 3 is 2.38 bits per heavy atom. The molecule has 2 unspecified atom stereocenters. The average Bonchev–Trinajstić information content (AvgIpc) is 2.45. The van der Waals surface area contributed by atoms with E-state index in [1.165, 1.54) is 0 Å².